The standard InChI is InChI=1S/C32H35NO6.Na.H/c1-16-10-19(33-20(11-16)30(36)37)18-8-9-23(38-7)26(17(18)2)29-27-21(34)12-31(3,4)14-24(27)39-25-15-32(5,6)13-22(35)28(25)29;;/h8-11,29H,12-15H2,1-7H3,(H,36,37);;/q;+1;-1. The number of ether oxygens (including phenoxy) is 2. The number of aromatic nitrogens is 1. The van der Waals surface area contributed by atoms with E-state index in [4.69, 9.17) is 9.47 Å². The van der Waals surface area contributed by atoms with Gasteiger partial charge in [-0.3, -0.25) is 9.59 Å². The van der Waals surface area contributed by atoms with Crippen LogP contribution in [0.4, 0.5) is 0 Å². The van der Waals surface area contributed by atoms with Crippen LogP contribution in [-0.2, 0) is 14.3 Å². The minimum Gasteiger partial charge on any atom is -1.00 e. The third kappa shape index (κ3) is 5.31. The van der Waals surface area contributed by atoms with Crippen molar-refractivity contribution in [3.63, 3.8) is 0 Å². The van der Waals surface area contributed by atoms with E-state index in [0.717, 1.165) is 22.3 Å². The fourth-order valence-corrected chi connectivity index (χ4v) is 6.40. The molecular weight excluding hydrogens is 517 g/mol. The molecule has 0 amide bonds. The number of methoxy groups -OCH3 is 1. The third-order valence-electron chi connectivity index (χ3n) is 8.03. The molecule has 1 aromatic heterocycles. The molecular formula is C32H36NNaO6. The van der Waals surface area contributed by atoms with Crippen molar-refractivity contribution in [2.45, 2.75) is 73.1 Å². The van der Waals surface area contributed by atoms with Crippen LogP contribution >= 0.6 is 0 Å². The molecule has 2 aromatic rings. The number of Topliss-reactive ketones (excluding diaryl/α,β-unsaturated/α-hetero) is 2. The molecule has 2 heterocycles. The number of hydrogen-bond donors (Lipinski definition) is 1. The van der Waals surface area contributed by atoms with Crippen molar-refractivity contribution in [1.29, 1.82) is 0 Å². The number of pyridine rings is 1. The van der Waals surface area contributed by atoms with Gasteiger partial charge in [-0.05, 0) is 60.1 Å². The van der Waals surface area contributed by atoms with E-state index in [1.807, 2.05) is 32.0 Å². The fraction of sp³-hybridized carbons (Fsp3) is 0.438. The average Bonchev–Trinajstić information content (AvgIpc) is 2.80. The fourth-order valence-electron chi connectivity index (χ4n) is 6.40. The zero-order valence-electron chi connectivity index (χ0n) is 25.7. The van der Waals surface area contributed by atoms with Crippen LogP contribution < -0.4 is 34.3 Å². The Hall–Kier alpha value is -2.74. The molecule has 8 heteroatoms. The number of carbonyl (C=O) groups excluding carboxylic acids is 2. The largest absolute Gasteiger partial charge is 1.00 e. The van der Waals surface area contributed by atoms with Gasteiger partial charge < -0.3 is 16.0 Å². The molecule has 206 valence electrons. The maximum Gasteiger partial charge on any atom is 1.00 e. The Morgan fingerprint density at radius 1 is 0.975 bits per heavy atom. The number of nitrogens with zero attached hydrogens (tertiary/aromatic N) is 1. The van der Waals surface area contributed by atoms with E-state index in [9.17, 15) is 19.5 Å². The minimum absolute atomic E-state index is 0. The molecule has 3 aliphatic rings. The van der Waals surface area contributed by atoms with Gasteiger partial charge in [0.1, 0.15) is 23.0 Å². The number of aromatic carboxylic acids is 1. The summed E-state index contributed by atoms with van der Waals surface area (Å²) in [5.41, 5.74) is 4.01. The van der Waals surface area contributed by atoms with Gasteiger partial charge in [-0.1, -0.05) is 27.7 Å². The van der Waals surface area contributed by atoms with Gasteiger partial charge in [-0.15, -0.1) is 0 Å². The van der Waals surface area contributed by atoms with Gasteiger partial charge in [0.25, 0.3) is 0 Å². The van der Waals surface area contributed by atoms with Crippen molar-refractivity contribution < 1.29 is 59.9 Å². The van der Waals surface area contributed by atoms with Crippen LogP contribution in [0.3, 0.4) is 0 Å². The number of carboxylic acid groups (broad SMARTS) is 1. The summed E-state index contributed by atoms with van der Waals surface area (Å²) >= 11 is 0. The first-order valence-electron chi connectivity index (χ1n) is 13.3. The van der Waals surface area contributed by atoms with Crippen LogP contribution in [-0.4, -0.2) is 34.7 Å². The summed E-state index contributed by atoms with van der Waals surface area (Å²) in [7, 11) is 1.58. The Morgan fingerprint density at radius 2 is 1.52 bits per heavy atom. The Morgan fingerprint density at radius 3 is 2.02 bits per heavy atom. The molecule has 0 unspecified atom stereocenters. The topological polar surface area (TPSA) is 103 Å². The predicted octanol–water partition coefficient (Wildman–Crippen LogP) is 3.59. The molecule has 0 spiro atoms. The Kier molecular flexibility index (Phi) is 8.00. The van der Waals surface area contributed by atoms with Crippen molar-refractivity contribution in [3.8, 4) is 17.0 Å². The van der Waals surface area contributed by atoms with E-state index in [1.165, 1.54) is 6.07 Å². The average molecular weight is 554 g/mol. The SMILES string of the molecule is COc1ccc(-c2cc(C)cc(C(=O)O)n2)c(C)c1C1C2=C(CC(C)(C)CC2=O)OC2=C1C(=O)CC(C)(C)C2.[H-].[Na+]. The van der Waals surface area contributed by atoms with E-state index >= 15 is 0 Å². The van der Waals surface area contributed by atoms with Gasteiger partial charge in [0.2, 0.25) is 0 Å². The summed E-state index contributed by atoms with van der Waals surface area (Å²) in [6.07, 6.45) is 1.91. The van der Waals surface area contributed by atoms with E-state index in [0.29, 0.717) is 59.8 Å². The maximum absolute atomic E-state index is 13.8. The molecule has 0 saturated heterocycles. The molecule has 0 atom stereocenters. The monoisotopic (exact) mass is 553 g/mol. The van der Waals surface area contributed by atoms with E-state index in [1.54, 1.807) is 7.11 Å². The second kappa shape index (κ2) is 10.6. The number of ketones is 2. The summed E-state index contributed by atoms with van der Waals surface area (Å²) < 4.78 is 12.3. The predicted molar refractivity (Wildman–Crippen MR) is 148 cm³/mol. The summed E-state index contributed by atoms with van der Waals surface area (Å²) in [4.78, 5) is 43.7. The van der Waals surface area contributed by atoms with E-state index < -0.39 is 11.9 Å². The summed E-state index contributed by atoms with van der Waals surface area (Å²) in [6, 6.07) is 7.04. The first-order chi connectivity index (χ1) is 18.2. The van der Waals surface area contributed by atoms with Crippen LogP contribution in [0.1, 0.15) is 87.9 Å². The minimum atomic E-state index is -1.11. The van der Waals surface area contributed by atoms with Gasteiger partial charge in [-0.2, -0.15) is 0 Å². The number of aryl methyl sites for hydroxylation is 1. The van der Waals surface area contributed by atoms with Gasteiger partial charge in [0.05, 0.1) is 18.7 Å². The molecule has 2 aliphatic carbocycles. The first kappa shape index (κ1) is 30.2. The first-order valence-corrected chi connectivity index (χ1v) is 13.3. The third-order valence-corrected chi connectivity index (χ3v) is 8.03. The second-order valence-corrected chi connectivity index (χ2v) is 12.7. The molecule has 1 aromatic carbocycles. The van der Waals surface area contributed by atoms with Gasteiger partial charge >= 0.3 is 35.5 Å². The van der Waals surface area contributed by atoms with Gasteiger partial charge in [-0.25, -0.2) is 9.78 Å². The van der Waals surface area contributed by atoms with Crippen molar-refractivity contribution >= 4 is 17.5 Å². The van der Waals surface area contributed by atoms with Crippen LogP contribution in [0.5, 0.6) is 5.75 Å². The quantitative estimate of drug-likeness (QED) is 0.578. The second-order valence-electron chi connectivity index (χ2n) is 12.7. The summed E-state index contributed by atoms with van der Waals surface area (Å²) in [5.74, 6) is 0.0516. The Balaban J connectivity index is 0.00000231. The van der Waals surface area contributed by atoms with Crippen LogP contribution in [0.15, 0.2) is 46.9 Å². The van der Waals surface area contributed by atoms with Crippen LogP contribution in [0, 0.1) is 24.7 Å². The van der Waals surface area contributed by atoms with Gasteiger partial charge in [0, 0.05) is 48.0 Å². The molecule has 0 bridgehead atoms. The van der Waals surface area contributed by atoms with Crippen molar-refractivity contribution in [1.82, 2.24) is 4.98 Å². The molecule has 0 fully saturated rings. The maximum atomic E-state index is 13.8. The number of carboxylic acids is 1. The zero-order valence-corrected chi connectivity index (χ0v) is 26.7. The summed E-state index contributed by atoms with van der Waals surface area (Å²) in [5, 5.41) is 9.61. The number of rotatable bonds is 4. The zero-order chi connectivity index (χ0) is 28.4. The van der Waals surface area contributed by atoms with Crippen LogP contribution in [0.2, 0.25) is 0 Å². The number of allylic oxidation sites excluding steroid dienone is 4. The van der Waals surface area contributed by atoms with Gasteiger partial charge in [0.15, 0.2) is 11.6 Å². The smallest absolute Gasteiger partial charge is 1.00 e. The number of carbonyl (C=O) groups is 3. The van der Waals surface area contributed by atoms with E-state index in [2.05, 4.69) is 32.7 Å². The number of benzene rings is 1. The van der Waals surface area contributed by atoms with Crippen LogP contribution in [0.25, 0.3) is 11.3 Å². The number of hydrogen-bond acceptors (Lipinski definition) is 6. The molecule has 5 rings (SSSR count). The molecule has 0 saturated carbocycles. The van der Waals surface area contributed by atoms with Crippen molar-refractivity contribution in [3.05, 3.63) is 69.3 Å². The molecule has 1 aliphatic heterocycles. The van der Waals surface area contributed by atoms with E-state index in [-0.39, 0.29) is 59.1 Å². The Bertz CT molecular complexity index is 1470. The normalized spacial score (nSPS) is 19.9. The Labute approximate surface area is 258 Å². The molecule has 7 nitrogen and oxygen atoms in total. The van der Waals surface area contributed by atoms with Crippen molar-refractivity contribution in [2.24, 2.45) is 10.8 Å². The molecule has 40 heavy (non-hydrogen) atoms. The van der Waals surface area contributed by atoms with Crippen molar-refractivity contribution in [2.75, 3.05) is 7.11 Å². The molecule has 0 radical (unpaired) electrons. The summed E-state index contributed by atoms with van der Waals surface area (Å²) in [6.45, 7) is 12.0. The molecule has 1 N–H and O–H groups in total.